The SMILES string of the molecule is IC(I)C1(CCC2(C(I)I)C3COC2O3)C2COC1O2. The lowest BCUT2D eigenvalue weighted by Gasteiger charge is -2.53. The normalized spacial score (nSPS) is 52.5. The molecule has 0 aliphatic carbocycles. The Balaban J connectivity index is 1.52. The first-order valence-corrected chi connectivity index (χ1v) is 11.6. The monoisotopic (exact) mass is 730 g/mol. The van der Waals surface area contributed by atoms with Gasteiger partial charge in [0, 0.05) is 0 Å². The van der Waals surface area contributed by atoms with Crippen molar-refractivity contribution >= 4 is 90.4 Å². The summed E-state index contributed by atoms with van der Waals surface area (Å²) in [4.78, 5) is 0. The molecule has 0 aromatic carbocycles. The first-order chi connectivity index (χ1) is 9.51. The molecule has 0 spiro atoms. The smallest absolute Gasteiger partial charge is 0.168 e. The van der Waals surface area contributed by atoms with Gasteiger partial charge in [-0.2, -0.15) is 0 Å². The number of rotatable bonds is 5. The summed E-state index contributed by atoms with van der Waals surface area (Å²) in [6.07, 6.45) is 2.85. The fraction of sp³-hybridized carbons (Fsp3) is 1.00. The predicted molar refractivity (Wildman–Crippen MR) is 107 cm³/mol. The maximum absolute atomic E-state index is 5.78. The topological polar surface area (TPSA) is 36.9 Å². The van der Waals surface area contributed by atoms with Gasteiger partial charge in [-0.3, -0.25) is 0 Å². The zero-order valence-electron chi connectivity index (χ0n) is 10.4. The van der Waals surface area contributed by atoms with E-state index < -0.39 is 0 Å². The number of alkyl halides is 4. The summed E-state index contributed by atoms with van der Waals surface area (Å²) in [5.41, 5.74) is 0.372. The molecule has 0 aromatic heterocycles. The Hall–Kier alpha value is 2.76. The molecule has 4 bridgehead atoms. The fourth-order valence-corrected chi connectivity index (χ4v) is 7.81. The zero-order valence-corrected chi connectivity index (χ0v) is 19.1. The fourth-order valence-electron chi connectivity index (χ4n) is 3.79. The van der Waals surface area contributed by atoms with Crippen molar-refractivity contribution in [3.05, 3.63) is 0 Å². The highest BCUT2D eigenvalue weighted by Gasteiger charge is 2.69. The molecule has 114 valence electrons. The van der Waals surface area contributed by atoms with Crippen LogP contribution >= 0.6 is 90.4 Å². The maximum Gasteiger partial charge on any atom is 0.168 e. The van der Waals surface area contributed by atoms with E-state index in [1.807, 2.05) is 0 Å². The summed E-state index contributed by atoms with van der Waals surface area (Å²) < 4.78 is 24.1. The summed E-state index contributed by atoms with van der Waals surface area (Å²) in [5, 5.41) is 0. The van der Waals surface area contributed by atoms with E-state index in [0.717, 1.165) is 26.1 Å². The minimum absolute atomic E-state index is 0.00443. The van der Waals surface area contributed by atoms with Crippen LogP contribution in [0.15, 0.2) is 0 Å². The first-order valence-electron chi connectivity index (χ1n) is 6.62. The summed E-state index contributed by atoms with van der Waals surface area (Å²) in [6, 6.07) is 0. The maximum atomic E-state index is 5.78. The standard InChI is InChI=1S/C12H14I4O4/c13-7(14)11(5-3-17-9(11)19-5)1-2-12(8(15)16)6-4-18-10(12)20-6/h5-10H,1-4H2. The minimum Gasteiger partial charge on any atom is -0.349 e. The van der Waals surface area contributed by atoms with Crippen molar-refractivity contribution in [3.63, 3.8) is 0 Å². The van der Waals surface area contributed by atoms with Gasteiger partial charge in [0.1, 0.15) is 0 Å². The number of halogens is 4. The lowest BCUT2D eigenvalue weighted by atomic mass is 9.69. The number of fused-ring (bicyclic) bond motifs is 2. The average Bonchev–Trinajstić information content (AvgIpc) is 3.11. The molecular formula is C12H14I4O4. The Morgan fingerprint density at radius 1 is 0.800 bits per heavy atom. The molecule has 6 heterocycles. The van der Waals surface area contributed by atoms with Crippen molar-refractivity contribution in [3.8, 4) is 0 Å². The van der Waals surface area contributed by atoms with Crippen LogP contribution in [0.25, 0.3) is 0 Å². The van der Waals surface area contributed by atoms with E-state index in [0.29, 0.717) is 3.86 Å². The second-order valence-electron chi connectivity index (χ2n) is 5.91. The third kappa shape index (κ3) is 1.99. The van der Waals surface area contributed by atoms with Crippen LogP contribution in [0, 0.1) is 10.8 Å². The molecule has 6 atom stereocenters. The molecule has 4 nitrogen and oxygen atoms in total. The number of hydrogen-bond acceptors (Lipinski definition) is 4. The Labute approximate surface area is 172 Å². The quantitative estimate of drug-likeness (QED) is 0.320. The molecule has 6 aliphatic rings. The molecule has 8 heteroatoms. The van der Waals surface area contributed by atoms with Crippen LogP contribution in [0.5, 0.6) is 0 Å². The molecule has 6 rings (SSSR count). The highest BCUT2D eigenvalue weighted by Crippen LogP contribution is 2.63. The van der Waals surface area contributed by atoms with Crippen molar-refractivity contribution in [1.82, 2.24) is 0 Å². The molecule has 0 N–H and O–H groups in total. The highest BCUT2D eigenvalue weighted by molar-refractivity contribution is 14.2. The van der Waals surface area contributed by atoms with Crippen LogP contribution in [0.4, 0.5) is 0 Å². The van der Waals surface area contributed by atoms with Gasteiger partial charge in [-0.1, -0.05) is 90.4 Å². The van der Waals surface area contributed by atoms with Crippen molar-refractivity contribution in [2.24, 2.45) is 10.8 Å². The van der Waals surface area contributed by atoms with E-state index in [-0.39, 0.29) is 35.6 Å². The van der Waals surface area contributed by atoms with Crippen molar-refractivity contribution in [2.45, 2.75) is 41.5 Å². The molecule has 0 saturated carbocycles. The second-order valence-corrected chi connectivity index (χ2v) is 15.7. The third-order valence-electron chi connectivity index (χ3n) is 5.25. The van der Waals surface area contributed by atoms with Gasteiger partial charge >= 0.3 is 0 Å². The number of ether oxygens (including phenoxy) is 4. The van der Waals surface area contributed by atoms with E-state index in [1.165, 1.54) is 0 Å². The molecular weight excluding hydrogens is 716 g/mol. The average molecular weight is 730 g/mol. The van der Waals surface area contributed by atoms with Crippen molar-refractivity contribution in [1.29, 1.82) is 0 Å². The lowest BCUT2D eigenvalue weighted by molar-refractivity contribution is -0.273. The van der Waals surface area contributed by atoms with Crippen LogP contribution < -0.4 is 0 Å². The van der Waals surface area contributed by atoms with Gasteiger partial charge in [-0.05, 0) is 12.8 Å². The molecule has 0 aromatic rings. The summed E-state index contributed by atoms with van der Waals surface area (Å²) in [5.74, 6) is 0. The van der Waals surface area contributed by atoms with E-state index >= 15 is 0 Å². The number of hydrogen-bond donors (Lipinski definition) is 0. The lowest BCUT2D eigenvalue weighted by Crippen LogP contribution is -2.61. The van der Waals surface area contributed by atoms with Crippen LogP contribution in [-0.2, 0) is 18.9 Å². The van der Waals surface area contributed by atoms with Gasteiger partial charge in [0.05, 0.1) is 40.1 Å². The van der Waals surface area contributed by atoms with Crippen LogP contribution in [-0.4, -0.2) is 41.9 Å². The summed E-state index contributed by atoms with van der Waals surface area (Å²) in [7, 11) is 0. The van der Waals surface area contributed by atoms with E-state index in [1.54, 1.807) is 0 Å². The van der Waals surface area contributed by atoms with Crippen molar-refractivity contribution in [2.75, 3.05) is 13.2 Å². The first kappa shape index (κ1) is 16.2. The highest BCUT2D eigenvalue weighted by atomic mass is 127. The molecule has 6 aliphatic heterocycles. The van der Waals surface area contributed by atoms with Gasteiger partial charge in [-0.25, -0.2) is 0 Å². The predicted octanol–water partition coefficient (Wildman–Crippen LogP) is 3.64. The van der Waals surface area contributed by atoms with Gasteiger partial charge in [0.2, 0.25) is 0 Å². The molecule has 20 heavy (non-hydrogen) atoms. The second kappa shape index (κ2) is 5.64. The largest absolute Gasteiger partial charge is 0.349 e. The summed E-state index contributed by atoms with van der Waals surface area (Å²) >= 11 is 10.1. The van der Waals surface area contributed by atoms with Crippen LogP contribution in [0.1, 0.15) is 12.8 Å². The van der Waals surface area contributed by atoms with Crippen LogP contribution in [0.3, 0.4) is 0 Å². The third-order valence-corrected chi connectivity index (χ3v) is 9.89. The Morgan fingerprint density at radius 2 is 1.20 bits per heavy atom. The van der Waals surface area contributed by atoms with Gasteiger partial charge in [0.15, 0.2) is 12.6 Å². The molecule has 6 saturated heterocycles. The molecule has 0 amide bonds. The molecule has 6 unspecified atom stereocenters. The van der Waals surface area contributed by atoms with E-state index in [2.05, 4.69) is 90.4 Å². The Bertz CT molecular complexity index is 352. The summed E-state index contributed by atoms with van der Waals surface area (Å²) in [6.45, 7) is 1.52. The van der Waals surface area contributed by atoms with Gasteiger partial charge in [-0.15, -0.1) is 0 Å². The van der Waals surface area contributed by atoms with Crippen LogP contribution in [0.2, 0.25) is 0 Å². The molecule has 6 fully saturated rings. The van der Waals surface area contributed by atoms with Crippen molar-refractivity contribution < 1.29 is 18.9 Å². The van der Waals surface area contributed by atoms with Gasteiger partial charge in [0.25, 0.3) is 0 Å². The van der Waals surface area contributed by atoms with E-state index in [9.17, 15) is 0 Å². The Kier molecular flexibility index (Phi) is 4.58. The van der Waals surface area contributed by atoms with Gasteiger partial charge < -0.3 is 18.9 Å². The minimum atomic E-state index is 0.00443. The zero-order chi connectivity index (χ0) is 14.1. The van der Waals surface area contributed by atoms with E-state index in [4.69, 9.17) is 18.9 Å². The molecule has 0 radical (unpaired) electrons. The Morgan fingerprint density at radius 3 is 1.40 bits per heavy atom.